The van der Waals surface area contributed by atoms with Crippen molar-refractivity contribution in [1.29, 1.82) is 0 Å². The van der Waals surface area contributed by atoms with Gasteiger partial charge in [0.15, 0.2) is 0 Å². The van der Waals surface area contributed by atoms with Crippen molar-refractivity contribution in [3.63, 3.8) is 0 Å². The zero-order valence-electron chi connectivity index (χ0n) is 7.90. The molecule has 0 bridgehead atoms. The third kappa shape index (κ3) is 4.34. The number of nitrogens with one attached hydrogen (secondary N) is 1. The summed E-state index contributed by atoms with van der Waals surface area (Å²) in [5, 5.41) is 2.70. The molecule has 0 atom stereocenters. The molecule has 0 fully saturated rings. The van der Waals surface area contributed by atoms with E-state index in [1.807, 2.05) is 22.6 Å². The van der Waals surface area contributed by atoms with E-state index in [0.717, 1.165) is 0 Å². The normalized spacial score (nSPS) is 10.1. The number of alkyl halides is 1. The van der Waals surface area contributed by atoms with Crippen LogP contribution >= 0.6 is 34.2 Å². The van der Waals surface area contributed by atoms with E-state index in [-0.39, 0.29) is 11.7 Å². The Bertz CT molecular complexity index is 359. The first-order valence-corrected chi connectivity index (χ1v) is 6.05. The maximum absolute atomic E-state index is 12.8. The number of anilines is 1. The summed E-state index contributed by atoms with van der Waals surface area (Å²) in [5.41, 5.74) is 0.636. The molecule has 0 aliphatic carbocycles. The summed E-state index contributed by atoms with van der Waals surface area (Å²) < 4.78 is 13.4. The molecular formula is C10H10ClFINO. The largest absolute Gasteiger partial charge is 0.325 e. The average molecular weight is 342 g/mol. The molecule has 5 heteroatoms. The quantitative estimate of drug-likeness (QED) is 0.660. The van der Waals surface area contributed by atoms with Crippen molar-refractivity contribution in [3.8, 4) is 0 Å². The lowest BCUT2D eigenvalue weighted by Gasteiger charge is -2.06. The van der Waals surface area contributed by atoms with Gasteiger partial charge in [-0.15, -0.1) is 11.6 Å². The molecule has 1 N–H and O–H groups in total. The van der Waals surface area contributed by atoms with Crippen LogP contribution in [0.25, 0.3) is 0 Å². The summed E-state index contributed by atoms with van der Waals surface area (Å²) >= 11 is 7.45. The minimum absolute atomic E-state index is 0.0971. The molecule has 1 amide bonds. The number of amides is 1. The molecule has 1 aromatic carbocycles. The molecule has 0 spiro atoms. The van der Waals surface area contributed by atoms with Crippen LogP contribution in [-0.2, 0) is 4.79 Å². The van der Waals surface area contributed by atoms with Gasteiger partial charge in [-0.05, 0) is 47.2 Å². The molecule has 0 unspecified atom stereocenters. The Morgan fingerprint density at radius 1 is 1.53 bits per heavy atom. The molecule has 2 nitrogen and oxygen atoms in total. The Hall–Kier alpha value is -0.360. The van der Waals surface area contributed by atoms with Crippen LogP contribution in [0, 0.1) is 9.39 Å². The first-order valence-electron chi connectivity index (χ1n) is 4.44. The molecular weight excluding hydrogens is 331 g/mol. The van der Waals surface area contributed by atoms with Crippen LogP contribution in [0.2, 0.25) is 0 Å². The summed E-state index contributed by atoms with van der Waals surface area (Å²) in [4.78, 5) is 11.3. The SMILES string of the molecule is O=C(CCCCl)Nc1ccc(F)cc1I. The minimum atomic E-state index is -0.307. The van der Waals surface area contributed by atoms with Crippen LogP contribution in [0.1, 0.15) is 12.8 Å². The number of benzene rings is 1. The Kier molecular flexibility index (Phi) is 5.31. The predicted molar refractivity (Wildman–Crippen MR) is 67.7 cm³/mol. The Balaban J connectivity index is 2.60. The van der Waals surface area contributed by atoms with Crippen molar-refractivity contribution in [1.82, 2.24) is 0 Å². The topological polar surface area (TPSA) is 29.1 Å². The van der Waals surface area contributed by atoms with Crippen LogP contribution in [0.5, 0.6) is 0 Å². The molecule has 0 aliphatic heterocycles. The summed E-state index contributed by atoms with van der Waals surface area (Å²) in [6, 6.07) is 4.24. The van der Waals surface area contributed by atoms with Gasteiger partial charge < -0.3 is 5.32 Å². The first-order chi connectivity index (χ1) is 7.13. The molecule has 0 aromatic heterocycles. The smallest absolute Gasteiger partial charge is 0.224 e. The lowest BCUT2D eigenvalue weighted by Crippen LogP contribution is -2.12. The van der Waals surface area contributed by atoms with Crippen LogP contribution in [0.3, 0.4) is 0 Å². The average Bonchev–Trinajstić information content (AvgIpc) is 2.19. The van der Waals surface area contributed by atoms with E-state index in [1.165, 1.54) is 12.1 Å². The maximum atomic E-state index is 12.8. The van der Waals surface area contributed by atoms with Gasteiger partial charge in [0.2, 0.25) is 5.91 Å². The Morgan fingerprint density at radius 3 is 2.87 bits per heavy atom. The molecule has 1 rings (SSSR count). The van der Waals surface area contributed by atoms with E-state index >= 15 is 0 Å². The number of halogens is 3. The molecule has 82 valence electrons. The lowest BCUT2D eigenvalue weighted by atomic mass is 10.3. The number of hydrogen-bond acceptors (Lipinski definition) is 1. The van der Waals surface area contributed by atoms with Crippen LogP contribution in [0.4, 0.5) is 10.1 Å². The molecule has 15 heavy (non-hydrogen) atoms. The van der Waals surface area contributed by atoms with Gasteiger partial charge in [0.1, 0.15) is 5.82 Å². The summed E-state index contributed by atoms with van der Waals surface area (Å²) in [6.45, 7) is 0. The van der Waals surface area contributed by atoms with Crippen LogP contribution < -0.4 is 5.32 Å². The second kappa shape index (κ2) is 6.27. The van der Waals surface area contributed by atoms with Gasteiger partial charge in [-0.2, -0.15) is 0 Å². The number of carbonyl (C=O) groups is 1. The van der Waals surface area contributed by atoms with Crippen molar-refractivity contribution in [2.45, 2.75) is 12.8 Å². The predicted octanol–water partition coefficient (Wildman–Crippen LogP) is 3.39. The molecule has 0 saturated heterocycles. The zero-order chi connectivity index (χ0) is 11.3. The molecule has 1 aromatic rings. The lowest BCUT2D eigenvalue weighted by molar-refractivity contribution is -0.116. The Morgan fingerprint density at radius 2 is 2.27 bits per heavy atom. The van der Waals surface area contributed by atoms with E-state index in [4.69, 9.17) is 11.6 Å². The monoisotopic (exact) mass is 341 g/mol. The van der Waals surface area contributed by atoms with E-state index in [0.29, 0.717) is 28.0 Å². The van der Waals surface area contributed by atoms with Crippen molar-refractivity contribution in [2.75, 3.05) is 11.2 Å². The van der Waals surface area contributed by atoms with Gasteiger partial charge in [-0.25, -0.2) is 4.39 Å². The van der Waals surface area contributed by atoms with Gasteiger partial charge >= 0.3 is 0 Å². The molecule has 0 aliphatic rings. The van der Waals surface area contributed by atoms with E-state index in [1.54, 1.807) is 6.07 Å². The third-order valence-electron chi connectivity index (χ3n) is 1.74. The number of hydrogen-bond donors (Lipinski definition) is 1. The minimum Gasteiger partial charge on any atom is -0.325 e. The fourth-order valence-electron chi connectivity index (χ4n) is 1.03. The number of carbonyl (C=O) groups excluding carboxylic acids is 1. The highest BCUT2D eigenvalue weighted by atomic mass is 127. The Labute approximate surface area is 106 Å². The molecule has 0 saturated carbocycles. The van der Waals surface area contributed by atoms with Gasteiger partial charge in [-0.1, -0.05) is 0 Å². The maximum Gasteiger partial charge on any atom is 0.224 e. The second-order valence-electron chi connectivity index (χ2n) is 2.96. The van der Waals surface area contributed by atoms with E-state index in [2.05, 4.69) is 5.32 Å². The molecule has 0 radical (unpaired) electrons. The second-order valence-corrected chi connectivity index (χ2v) is 4.51. The van der Waals surface area contributed by atoms with Crippen molar-refractivity contribution in [2.24, 2.45) is 0 Å². The van der Waals surface area contributed by atoms with Crippen LogP contribution in [-0.4, -0.2) is 11.8 Å². The summed E-state index contributed by atoms with van der Waals surface area (Å²) in [5.74, 6) is 0.0619. The highest BCUT2D eigenvalue weighted by Gasteiger charge is 2.05. The van der Waals surface area contributed by atoms with Gasteiger partial charge in [0.25, 0.3) is 0 Å². The van der Waals surface area contributed by atoms with Crippen molar-refractivity contribution < 1.29 is 9.18 Å². The zero-order valence-corrected chi connectivity index (χ0v) is 10.8. The van der Waals surface area contributed by atoms with E-state index in [9.17, 15) is 9.18 Å². The summed E-state index contributed by atoms with van der Waals surface area (Å²) in [7, 11) is 0. The van der Waals surface area contributed by atoms with E-state index < -0.39 is 0 Å². The van der Waals surface area contributed by atoms with Gasteiger partial charge in [-0.3, -0.25) is 4.79 Å². The first kappa shape index (κ1) is 12.7. The highest BCUT2D eigenvalue weighted by Crippen LogP contribution is 2.19. The van der Waals surface area contributed by atoms with Crippen molar-refractivity contribution >= 4 is 45.8 Å². The summed E-state index contributed by atoms with van der Waals surface area (Å²) in [6.07, 6.45) is 1.03. The number of rotatable bonds is 4. The van der Waals surface area contributed by atoms with Gasteiger partial charge in [0.05, 0.1) is 5.69 Å². The van der Waals surface area contributed by atoms with Crippen molar-refractivity contribution in [3.05, 3.63) is 27.6 Å². The molecule has 0 heterocycles. The van der Waals surface area contributed by atoms with Gasteiger partial charge in [0, 0.05) is 15.9 Å². The highest BCUT2D eigenvalue weighted by molar-refractivity contribution is 14.1. The van der Waals surface area contributed by atoms with Crippen LogP contribution in [0.15, 0.2) is 18.2 Å². The standard InChI is InChI=1S/C10H10ClFINO/c11-5-1-2-10(15)14-9-4-3-7(12)6-8(9)13/h3-4,6H,1-2,5H2,(H,14,15). The fraction of sp³-hybridized carbons (Fsp3) is 0.300. The fourth-order valence-corrected chi connectivity index (χ4v) is 1.78. The third-order valence-corrected chi connectivity index (χ3v) is 2.90.